The molecule has 3 fully saturated rings. The van der Waals surface area contributed by atoms with E-state index >= 15 is 0 Å². The van der Waals surface area contributed by atoms with Crippen LogP contribution in [0.2, 0.25) is 0 Å². The molecule has 4 aliphatic rings. The van der Waals surface area contributed by atoms with Crippen molar-refractivity contribution < 1.29 is 14.6 Å². The van der Waals surface area contributed by atoms with Gasteiger partial charge in [-0.05, 0) is 80.6 Å². The first kappa shape index (κ1) is 17.1. The van der Waals surface area contributed by atoms with Crippen molar-refractivity contribution in [3.63, 3.8) is 0 Å². The quantitative estimate of drug-likeness (QED) is 0.711. The Kier molecular flexibility index (Phi) is 3.60. The van der Waals surface area contributed by atoms with E-state index in [0.717, 1.165) is 50.5 Å². The molecule has 1 heterocycles. The smallest absolute Gasteiger partial charge is 0.0983 e. The van der Waals surface area contributed by atoms with E-state index in [1.54, 1.807) is 12.5 Å². The predicted octanol–water partition coefficient (Wildman–Crippen LogP) is 4.79. The lowest BCUT2D eigenvalue weighted by molar-refractivity contribution is -0.129. The van der Waals surface area contributed by atoms with E-state index in [0.29, 0.717) is 17.8 Å². The Bertz CT molecular complexity index is 722. The molecule has 3 nitrogen and oxygen atoms in total. The standard InChI is InChI=1S/C23H32O3/c1-21-9-5-17(24)13-15(21)3-4-18-19(21)6-10-22(2)20(18)7-11-23(22,25)16-8-12-26-14-16/h3,8,12,14,17-20,24-25H,4-7,9-11,13H2,1-2H3/t17?,18-,19+,20+,21+,22+,23?/m1/s1. The molecule has 7 atom stereocenters. The summed E-state index contributed by atoms with van der Waals surface area (Å²) in [6.07, 6.45) is 14.1. The van der Waals surface area contributed by atoms with Gasteiger partial charge in [0.2, 0.25) is 0 Å². The normalized spacial score (nSPS) is 50.5. The van der Waals surface area contributed by atoms with Gasteiger partial charge in [-0.3, -0.25) is 0 Å². The summed E-state index contributed by atoms with van der Waals surface area (Å²) < 4.78 is 5.33. The molecule has 0 bridgehead atoms. The number of furan rings is 1. The minimum absolute atomic E-state index is 0.0616. The van der Waals surface area contributed by atoms with Crippen molar-refractivity contribution in [3.8, 4) is 0 Å². The molecule has 0 amide bonds. The first-order valence-electron chi connectivity index (χ1n) is 10.5. The molecule has 4 aliphatic carbocycles. The van der Waals surface area contributed by atoms with Gasteiger partial charge in [0.15, 0.2) is 0 Å². The Morgan fingerprint density at radius 2 is 1.88 bits per heavy atom. The van der Waals surface area contributed by atoms with Gasteiger partial charge in [0.05, 0.1) is 24.2 Å². The van der Waals surface area contributed by atoms with Crippen LogP contribution in [-0.2, 0) is 5.60 Å². The number of rotatable bonds is 1. The van der Waals surface area contributed by atoms with Gasteiger partial charge in [-0.15, -0.1) is 0 Å². The van der Waals surface area contributed by atoms with Crippen LogP contribution in [0.3, 0.4) is 0 Å². The van der Waals surface area contributed by atoms with Crippen molar-refractivity contribution in [3.05, 3.63) is 35.8 Å². The zero-order chi connectivity index (χ0) is 18.2. The van der Waals surface area contributed by atoms with Crippen LogP contribution < -0.4 is 0 Å². The second-order valence-corrected chi connectivity index (χ2v) is 10.0. The minimum Gasteiger partial charge on any atom is -0.472 e. The Hall–Kier alpha value is -1.06. The van der Waals surface area contributed by atoms with E-state index in [9.17, 15) is 10.2 Å². The minimum atomic E-state index is -0.747. The summed E-state index contributed by atoms with van der Waals surface area (Å²) in [7, 11) is 0. The molecule has 142 valence electrons. The average Bonchev–Trinajstić information content (AvgIpc) is 3.24. The number of hydrogen-bond donors (Lipinski definition) is 2. The predicted molar refractivity (Wildman–Crippen MR) is 100 cm³/mol. The summed E-state index contributed by atoms with van der Waals surface area (Å²) in [5.41, 5.74) is 1.95. The third kappa shape index (κ3) is 2.02. The van der Waals surface area contributed by atoms with Crippen LogP contribution in [0.15, 0.2) is 34.7 Å². The summed E-state index contributed by atoms with van der Waals surface area (Å²) in [5, 5.41) is 21.9. The van der Waals surface area contributed by atoms with Crippen molar-refractivity contribution in [1.82, 2.24) is 0 Å². The van der Waals surface area contributed by atoms with Crippen molar-refractivity contribution in [2.75, 3.05) is 0 Å². The van der Waals surface area contributed by atoms with E-state index in [-0.39, 0.29) is 16.9 Å². The molecule has 26 heavy (non-hydrogen) atoms. The van der Waals surface area contributed by atoms with Crippen molar-refractivity contribution in [2.24, 2.45) is 28.6 Å². The van der Waals surface area contributed by atoms with E-state index in [1.807, 2.05) is 6.07 Å². The molecular weight excluding hydrogens is 324 g/mol. The number of aliphatic hydroxyl groups excluding tert-OH is 1. The lowest BCUT2D eigenvalue weighted by atomic mass is 9.46. The van der Waals surface area contributed by atoms with Crippen LogP contribution in [0.5, 0.6) is 0 Å². The molecule has 0 aliphatic heterocycles. The molecule has 1 aromatic rings. The van der Waals surface area contributed by atoms with Gasteiger partial charge in [-0.2, -0.15) is 0 Å². The molecule has 2 unspecified atom stereocenters. The molecule has 3 heteroatoms. The fourth-order valence-electron chi connectivity index (χ4n) is 7.63. The Morgan fingerprint density at radius 3 is 2.65 bits per heavy atom. The van der Waals surface area contributed by atoms with Gasteiger partial charge in [0.1, 0.15) is 0 Å². The van der Waals surface area contributed by atoms with Crippen molar-refractivity contribution in [2.45, 2.75) is 76.9 Å². The van der Waals surface area contributed by atoms with Crippen LogP contribution in [0, 0.1) is 28.6 Å². The lowest BCUT2D eigenvalue weighted by Gasteiger charge is -2.59. The second kappa shape index (κ2) is 5.48. The van der Waals surface area contributed by atoms with Crippen LogP contribution >= 0.6 is 0 Å². The van der Waals surface area contributed by atoms with Crippen molar-refractivity contribution >= 4 is 0 Å². The lowest BCUT2D eigenvalue weighted by Crippen LogP contribution is -2.53. The fourth-order valence-corrected chi connectivity index (χ4v) is 7.63. The molecule has 3 saturated carbocycles. The monoisotopic (exact) mass is 356 g/mol. The molecule has 0 aromatic carbocycles. The molecule has 5 rings (SSSR count). The number of allylic oxidation sites excluding steroid dienone is 1. The van der Waals surface area contributed by atoms with Gasteiger partial charge in [-0.25, -0.2) is 0 Å². The van der Waals surface area contributed by atoms with Gasteiger partial charge in [0, 0.05) is 11.0 Å². The fraction of sp³-hybridized carbons (Fsp3) is 0.739. The number of hydrogen-bond acceptors (Lipinski definition) is 3. The zero-order valence-corrected chi connectivity index (χ0v) is 16.1. The van der Waals surface area contributed by atoms with E-state index in [1.165, 1.54) is 12.0 Å². The maximum absolute atomic E-state index is 11.7. The van der Waals surface area contributed by atoms with Gasteiger partial charge < -0.3 is 14.6 Å². The molecule has 2 N–H and O–H groups in total. The Balaban J connectivity index is 1.51. The third-order valence-electron chi connectivity index (χ3n) is 9.23. The van der Waals surface area contributed by atoms with Gasteiger partial charge in [-0.1, -0.05) is 25.5 Å². The first-order chi connectivity index (χ1) is 12.4. The summed E-state index contributed by atoms with van der Waals surface area (Å²) in [5.74, 6) is 1.95. The molecule has 0 radical (unpaired) electrons. The largest absolute Gasteiger partial charge is 0.472 e. The molecule has 0 saturated heterocycles. The topological polar surface area (TPSA) is 53.6 Å². The maximum atomic E-state index is 11.7. The van der Waals surface area contributed by atoms with Crippen LogP contribution in [0.1, 0.15) is 70.8 Å². The highest BCUT2D eigenvalue weighted by atomic mass is 16.3. The highest BCUT2D eigenvalue weighted by Crippen LogP contribution is 2.69. The third-order valence-corrected chi connectivity index (χ3v) is 9.23. The van der Waals surface area contributed by atoms with Crippen molar-refractivity contribution in [1.29, 1.82) is 0 Å². The Morgan fingerprint density at radius 1 is 1.08 bits per heavy atom. The van der Waals surface area contributed by atoms with E-state index < -0.39 is 5.60 Å². The van der Waals surface area contributed by atoms with Crippen LogP contribution in [0.25, 0.3) is 0 Å². The number of fused-ring (bicyclic) bond motifs is 5. The second-order valence-electron chi connectivity index (χ2n) is 10.0. The van der Waals surface area contributed by atoms with Crippen LogP contribution in [-0.4, -0.2) is 16.3 Å². The Labute approximate surface area is 156 Å². The summed E-state index contributed by atoms with van der Waals surface area (Å²) in [6, 6.07) is 1.96. The maximum Gasteiger partial charge on any atom is 0.0983 e. The first-order valence-corrected chi connectivity index (χ1v) is 10.5. The van der Waals surface area contributed by atoms with E-state index in [4.69, 9.17) is 4.42 Å². The average molecular weight is 357 g/mol. The highest BCUT2D eigenvalue weighted by molar-refractivity contribution is 5.29. The SMILES string of the molecule is C[C@]12CCC(O)CC1=CC[C@@H]1[C@@H]2CC[C@@]2(C)[C@H]1CCC2(O)c1ccoc1. The van der Waals surface area contributed by atoms with Gasteiger partial charge in [0.25, 0.3) is 0 Å². The summed E-state index contributed by atoms with van der Waals surface area (Å²) >= 11 is 0. The molecule has 0 spiro atoms. The molecule has 1 aromatic heterocycles. The van der Waals surface area contributed by atoms with Gasteiger partial charge >= 0.3 is 0 Å². The highest BCUT2D eigenvalue weighted by Gasteiger charge is 2.64. The zero-order valence-electron chi connectivity index (χ0n) is 16.1. The van der Waals surface area contributed by atoms with E-state index in [2.05, 4.69) is 19.9 Å². The summed E-state index contributed by atoms with van der Waals surface area (Å²) in [6.45, 7) is 4.79. The number of aliphatic hydroxyl groups is 2. The van der Waals surface area contributed by atoms with Crippen LogP contribution in [0.4, 0.5) is 0 Å². The molecular formula is C23H32O3. The summed E-state index contributed by atoms with van der Waals surface area (Å²) in [4.78, 5) is 0.